The number of carbonyl (C=O) groups excluding carboxylic acids is 1. The van der Waals surface area contributed by atoms with Crippen LogP contribution < -0.4 is 11.0 Å². The molecule has 0 aromatic carbocycles. The first kappa shape index (κ1) is 11.8. The molecule has 3 N–H and O–H groups in total. The number of aromatic nitrogens is 3. The average Bonchev–Trinajstić information content (AvgIpc) is 2.71. The fourth-order valence-electron chi connectivity index (χ4n) is 1.31. The fourth-order valence-corrected chi connectivity index (χ4v) is 1.31. The molecule has 2 heterocycles. The van der Waals surface area contributed by atoms with Crippen LogP contribution in [-0.2, 0) is 0 Å². The van der Waals surface area contributed by atoms with Crippen molar-refractivity contribution in [3.8, 4) is 0 Å². The van der Waals surface area contributed by atoms with Gasteiger partial charge < -0.3 is 0 Å². The Balaban J connectivity index is 2.03. The number of nitrogens with one attached hydrogen (secondary N) is 3. The van der Waals surface area contributed by atoms with Crippen molar-refractivity contribution < 1.29 is 4.79 Å². The highest BCUT2D eigenvalue weighted by molar-refractivity contribution is 5.94. The molecule has 0 saturated carbocycles. The molecule has 0 aliphatic carbocycles. The van der Waals surface area contributed by atoms with Crippen LogP contribution in [0.25, 0.3) is 0 Å². The van der Waals surface area contributed by atoms with Crippen LogP contribution >= 0.6 is 0 Å². The lowest BCUT2D eigenvalue weighted by Gasteiger charge is -1.96. The largest absolute Gasteiger partial charge is 0.293 e. The van der Waals surface area contributed by atoms with Gasteiger partial charge in [0.2, 0.25) is 0 Å². The van der Waals surface area contributed by atoms with Gasteiger partial charge in [-0.1, -0.05) is 6.07 Å². The number of H-pyrrole nitrogens is 2. The van der Waals surface area contributed by atoms with Gasteiger partial charge in [-0.2, -0.15) is 5.10 Å². The summed E-state index contributed by atoms with van der Waals surface area (Å²) in [5.74, 6) is -0.488. The number of pyridine rings is 1. The number of amides is 1. The summed E-state index contributed by atoms with van der Waals surface area (Å²) in [5.41, 5.74) is 3.08. The minimum absolute atomic E-state index is 0.165. The number of hydrazone groups is 1. The van der Waals surface area contributed by atoms with Gasteiger partial charge in [0.25, 0.3) is 11.5 Å². The van der Waals surface area contributed by atoms with Crippen molar-refractivity contribution in [2.75, 3.05) is 0 Å². The summed E-state index contributed by atoms with van der Waals surface area (Å²) < 4.78 is 0. The molecule has 1 amide bonds. The minimum atomic E-state index is -0.488. The van der Waals surface area contributed by atoms with Crippen molar-refractivity contribution in [1.29, 1.82) is 0 Å². The maximum absolute atomic E-state index is 11.6. The third-order valence-electron chi connectivity index (χ3n) is 2.29. The summed E-state index contributed by atoms with van der Waals surface area (Å²) in [6.45, 7) is 1.55. The van der Waals surface area contributed by atoms with E-state index in [0.717, 1.165) is 0 Å². The summed E-state index contributed by atoms with van der Waals surface area (Å²) >= 11 is 0. The third-order valence-corrected chi connectivity index (χ3v) is 2.29. The lowest BCUT2D eigenvalue weighted by molar-refractivity contribution is 0.0949. The Bertz CT molecular complexity index is 626. The molecular weight excluding hydrogens is 234 g/mol. The molecule has 2 rings (SSSR count). The topological polar surface area (TPSA) is 103 Å². The van der Waals surface area contributed by atoms with Crippen LogP contribution in [0, 0.1) is 6.92 Å². The molecule has 0 saturated heterocycles. The number of hydrogen-bond donors (Lipinski definition) is 3. The highest BCUT2D eigenvalue weighted by Crippen LogP contribution is 1.96. The summed E-state index contributed by atoms with van der Waals surface area (Å²) in [4.78, 5) is 26.8. The van der Waals surface area contributed by atoms with Crippen LogP contribution in [0.3, 0.4) is 0 Å². The maximum Gasteiger partial charge on any atom is 0.289 e. The summed E-state index contributed by atoms with van der Waals surface area (Å²) in [6, 6.07) is 5.34. The number of carbonyl (C=O) groups is 1. The van der Waals surface area contributed by atoms with Crippen molar-refractivity contribution >= 4 is 12.1 Å². The Kier molecular flexibility index (Phi) is 3.33. The van der Waals surface area contributed by atoms with Crippen molar-refractivity contribution in [1.82, 2.24) is 20.6 Å². The molecule has 18 heavy (non-hydrogen) atoms. The van der Waals surface area contributed by atoms with E-state index in [1.165, 1.54) is 6.21 Å². The van der Waals surface area contributed by atoms with Crippen LogP contribution in [0.4, 0.5) is 0 Å². The van der Waals surface area contributed by atoms with E-state index in [0.29, 0.717) is 11.3 Å². The van der Waals surface area contributed by atoms with Crippen molar-refractivity contribution in [2.24, 2.45) is 5.10 Å². The zero-order valence-corrected chi connectivity index (χ0v) is 9.60. The summed E-state index contributed by atoms with van der Waals surface area (Å²) in [5, 5.41) is 8.55. The van der Waals surface area contributed by atoms with Gasteiger partial charge in [0.1, 0.15) is 5.69 Å². The van der Waals surface area contributed by atoms with Crippen LogP contribution in [0.15, 0.2) is 34.3 Å². The molecular formula is C11H11N5O2. The molecule has 7 heteroatoms. The molecule has 2 aromatic rings. The molecule has 0 spiro atoms. The van der Waals surface area contributed by atoms with Gasteiger partial charge in [0.05, 0.1) is 11.9 Å². The summed E-state index contributed by atoms with van der Waals surface area (Å²) in [6.07, 6.45) is 3.04. The smallest absolute Gasteiger partial charge is 0.289 e. The first-order valence-electron chi connectivity index (χ1n) is 5.20. The Morgan fingerprint density at radius 3 is 2.89 bits per heavy atom. The molecule has 0 bridgehead atoms. The summed E-state index contributed by atoms with van der Waals surface area (Å²) in [7, 11) is 0. The number of aromatic amines is 2. The van der Waals surface area contributed by atoms with E-state index in [1.807, 2.05) is 6.07 Å². The molecule has 2 aromatic heterocycles. The maximum atomic E-state index is 11.6. The normalized spacial score (nSPS) is 10.7. The number of rotatable bonds is 3. The van der Waals surface area contributed by atoms with Crippen molar-refractivity contribution in [3.63, 3.8) is 0 Å². The lowest BCUT2D eigenvalue weighted by Crippen LogP contribution is -2.19. The van der Waals surface area contributed by atoms with E-state index >= 15 is 0 Å². The van der Waals surface area contributed by atoms with E-state index in [1.54, 1.807) is 25.3 Å². The van der Waals surface area contributed by atoms with Gasteiger partial charge in [0, 0.05) is 11.8 Å². The molecule has 0 radical (unpaired) electrons. The molecule has 0 atom stereocenters. The molecule has 0 unspecified atom stereocenters. The van der Waals surface area contributed by atoms with Gasteiger partial charge in [-0.3, -0.25) is 24.8 Å². The Morgan fingerprint density at radius 1 is 1.44 bits per heavy atom. The predicted octanol–water partition coefficient (Wildman–Crippen LogP) is 0.170. The zero-order chi connectivity index (χ0) is 13.0. The van der Waals surface area contributed by atoms with E-state index < -0.39 is 5.91 Å². The Hall–Kier alpha value is -2.70. The van der Waals surface area contributed by atoms with E-state index in [2.05, 4.69) is 25.7 Å². The molecule has 0 aliphatic heterocycles. The second kappa shape index (κ2) is 5.09. The molecule has 0 aliphatic rings. The van der Waals surface area contributed by atoms with Crippen LogP contribution in [0.1, 0.15) is 21.7 Å². The second-order valence-electron chi connectivity index (χ2n) is 3.53. The van der Waals surface area contributed by atoms with Crippen LogP contribution in [-0.4, -0.2) is 27.3 Å². The first-order chi connectivity index (χ1) is 8.68. The van der Waals surface area contributed by atoms with Gasteiger partial charge in [-0.05, 0) is 19.1 Å². The van der Waals surface area contributed by atoms with Gasteiger partial charge in [-0.25, -0.2) is 5.43 Å². The Morgan fingerprint density at radius 2 is 2.28 bits per heavy atom. The highest BCUT2D eigenvalue weighted by atomic mass is 16.2. The van der Waals surface area contributed by atoms with Gasteiger partial charge >= 0.3 is 0 Å². The number of nitrogens with zero attached hydrogens (tertiary/aromatic N) is 2. The van der Waals surface area contributed by atoms with E-state index in [9.17, 15) is 9.59 Å². The molecule has 92 valence electrons. The van der Waals surface area contributed by atoms with Gasteiger partial charge in [-0.15, -0.1) is 0 Å². The van der Waals surface area contributed by atoms with Gasteiger partial charge in [0.15, 0.2) is 0 Å². The quantitative estimate of drug-likeness (QED) is 0.530. The van der Waals surface area contributed by atoms with Crippen LogP contribution in [0.5, 0.6) is 0 Å². The second-order valence-corrected chi connectivity index (χ2v) is 3.53. The molecule has 7 nitrogen and oxygen atoms in total. The van der Waals surface area contributed by atoms with Crippen molar-refractivity contribution in [2.45, 2.75) is 6.92 Å². The minimum Gasteiger partial charge on any atom is -0.293 e. The lowest BCUT2D eigenvalue weighted by atomic mass is 10.3. The Labute approximate surface area is 102 Å². The molecule has 0 fully saturated rings. The van der Waals surface area contributed by atoms with E-state index in [4.69, 9.17) is 0 Å². The standard InChI is InChI=1S/C11H11N5O2/c1-7-9(14-16-10(7)17)11(18)15-13-6-8-4-2-3-5-12-8/h2-6H,1H3,(H,15,18)(H2,14,16,17)/b13-6-. The monoisotopic (exact) mass is 245 g/mol. The SMILES string of the molecule is Cc1c(C(=O)N/N=C\c2ccccn2)[nH][nH]c1=O. The first-order valence-corrected chi connectivity index (χ1v) is 5.20. The average molecular weight is 245 g/mol. The fraction of sp³-hybridized carbons (Fsp3) is 0.0909. The van der Waals surface area contributed by atoms with Crippen LogP contribution in [0.2, 0.25) is 0 Å². The number of hydrogen-bond acceptors (Lipinski definition) is 4. The third kappa shape index (κ3) is 2.51. The predicted molar refractivity (Wildman–Crippen MR) is 65.4 cm³/mol. The van der Waals surface area contributed by atoms with E-state index in [-0.39, 0.29) is 11.3 Å². The zero-order valence-electron chi connectivity index (χ0n) is 9.60. The highest BCUT2D eigenvalue weighted by Gasteiger charge is 2.12. The van der Waals surface area contributed by atoms with Crippen molar-refractivity contribution in [3.05, 3.63) is 51.7 Å².